The van der Waals surface area contributed by atoms with Crippen molar-refractivity contribution in [3.05, 3.63) is 69.0 Å². The van der Waals surface area contributed by atoms with Crippen LogP contribution in [-0.2, 0) is 11.3 Å². The summed E-state index contributed by atoms with van der Waals surface area (Å²) in [6.45, 7) is 4.42. The van der Waals surface area contributed by atoms with Gasteiger partial charge in [0.05, 0.1) is 12.2 Å². The van der Waals surface area contributed by atoms with E-state index in [9.17, 15) is 4.79 Å². The molecule has 1 N–H and O–H groups in total. The van der Waals surface area contributed by atoms with Crippen LogP contribution < -0.4 is 10.1 Å². The first-order valence-corrected chi connectivity index (χ1v) is 9.44. The van der Waals surface area contributed by atoms with E-state index in [0.29, 0.717) is 17.3 Å². The zero-order valence-corrected chi connectivity index (χ0v) is 16.2. The fourth-order valence-corrected chi connectivity index (χ4v) is 3.19. The third-order valence-electron chi connectivity index (χ3n) is 3.98. The molecular weight excluding hydrogens is 368 g/mol. The van der Waals surface area contributed by atoms with E-state index in [1.807, 2.05) is 61.7 Å². The summed E-state index contributed by atoms with van der Waals surface area (Å²) in [7, 11) is 0. The Morgan fingerprint density at radius 2 is 1.92 bits per heavy atom. The second-order valence-corrected chi connectivity index (χ2v) is 7.32. The molecule has 0 bridgehead atoms. The minimum absolute atomic E-state index is 0.0160. The van der Waals surface area contributed by atoms with E-state index in [4.69, 9.17) is 16.3 Å². The number of aryl methyl sites for hydroxylation is 2. The van der Waals surface area contributed by atoms with Crippen LogP contribution in [0.15, 0.2) is 47.8 Å². The maximum atomic E-state index is 12.0. The van der Waals surface area contributed by atoms with Gasteiger partial charge >= 0.3 is 0 Å². The van der Waals surface area contributed by atoms with Crippen LogP contribution in [0.5, 0.6) is 5.75 Å². The van der Waals surface area contributed by atoms with E-state index in [2.05, 4.69) is 10.3 Å². The molecule has 2 aromatic carbocycles. The number of hydrogen-bond donors (Lipinski definition) is 1. The first kappa shape index (κ1) is 18.4. The molecule has 6 heteroatoms. The van der Waals surface area contributed by atoms with Gasteiger partial charge in [0.2, 0.25) is 0 Å². The molecule has 0 spiro atoms. The predicted molar refractivity (Wildman–Crippen MR) is 106 cm³/mol. The van der Waals surface area contributed by atoms with Crippen LogP contribution in [0.25, 0.3) is 11.3 Å². The van der Waals surface area contributed by atoms with E-state index in [1.165, 1.54) is 16.9 Å². The first-order valence-electron chi connectivity index (χ1n) is 8.18. The van der Waals surface area contributed by atoms with Gasteiger partial charge in [-0.2, -0.15) is 0 Å². The van der Waals surface area contributed by atoms with Gasteiger partial charge in [-0.25, -0.2) is 4.98 Å². The third kappa shape index (κ3) is 4.84. The second-order valence-electron chi connectivity index (χ2n) is 5.94. The van der Waals surface area contributed by atoms with Gasteiger partial charge in [-0.05, 0) is 49.2 Å². The minimum atomic E-state index is -0.175. The van der Waals surface area contributed by atoms with E-state index in [1.54, 1.807) is 0 Å². The number of carbonyl (C=O) groups is 1. The summed E-state index contributed by atoms with van der Waals surface area (Å²) >= 11 is 7.41. The summed E-state index contributed by atoms with van der Waals surface area (Å²) < 4.78 is 5.54. The Morgan fingerprint density at radius 3 is 2.65 bits per heavy atom. The van der Waals surface area contributed by atoms with E-state index in [0.717, 1.165) is 21.8 Å². The van der Waals surface area contributed by atoms with Gasteiger partial charge in [0, 0.05) is 16.0 Å². The highest BCUT2D eigenvalue weighted by atomic mass is 35.5. The molecule has 0 fully saturated rings. The SMILES string of the molecule is Cc1ccc(OCC(=O)NCc2nc(-c3ccc(Cl)cc3)cs2)cc1C. The molecule has 26 heavy (non-hydrogen) atoms. The molecule has 0 aliphatic rings. The quantitative estimate of drug-likeness (QED) is 0.663. The number of aromatic nitrogens is 1. The van der Waals surface area contributed by atoms with Gasteiger partial charge in [-0.15, -0.1) is 11.3 Å². The number of nitrogens with one attached hydrogen (secondary N) is 1. The number of ether oxygens (including phenoxy) is 1. The number of nitrogens with zero attached hydrogens (tertiary/aromatic N) is 1. The van der Waals surface area contributed by atoms with Crippen LogP contribution in [0, 0.1) is 13.8 Å². The highest BCUT2D eigenvalue weighted by Crippen LogP contribution is 2.23. The Bertz CT molecular complexity index is 906. The van der Waals surface area contributed by atoms with Crippen LogP contribution in [0.4, 0.5) is 0 Å². The Balaban J connectivity index is 1.50. The number of benzene rings is 2. The number of halogens is 1. The highest BCUT2D eigenvalue weighted by molar-refractivity contribution is 7.09. The topological polar surface area (TPSA) is 51.2 Å². The van der Waals surface area contributed by atoms with Crippen molar-refractivity contribution >= 4 is 28.8 Å². The molecule has 0 aliphatic heterocycles. The van der Waals surface area contributed by atoms with Crippen molar-refractivity contribution in [3.8, 4) is 17.0 Å². The van der Waals surface area contributed by atoms with Gasteiger partial charge in [-0.3, -0.25) is 4.79 Å². The lowest BCUT2D eigenvalue weighted by molar-refractivity contribution is -0.123. The third-order valence-corrected chi connectivity index (χ3v) is 5.08. The van der Waals surface area contributed by atoms with Gasteiger partial charge in [-0.1, -0.05) is 29.8 Å². The van der Waals surface area contributed by atoms with Crippen LogP contribution in [-0.4, -0.2) is 17.5 Å². The Kier molecular flexibility index (Phi) is 5.91. The number of hydrogen-bond acceptors (Lipinski definition) is 4. The molecule has 3 aromatic rings. The molecular formula is C20H19ClN2O2S. The van der Waals surface area contributed by atoms with Crippen molar-refractivity contribution < 1.29 is 9.53 Å². The van der Waals surface area contributed by atoms with Gasteiger partial charge in [0.15, 0.2) is 6.61 Å². The van der Waals surface area contributed by atoms with Crippen LogP contribution in [0.1, 0.15) is 16.1 Å². The Hall–Kier alpha value is -2.37. The summed E-state index contributed by atoms with van der Waals surface area (Å²) in [6, 6.07) is 13.3. The zero-order valence-electron chi connectivity index (χ0n) is 14.6. The summed E-state index contributed by atoms with van der Waals surface area (Å²) in [5, 5.41) is 6.34. The Morgan fingerprint density at radius 1 is 1.15 bits per heavy atom. The average molecular weight is 387 g/mol. The van der Waals surface area contributed by atoms with Gasteiger partial charge < -0.3 is 10.1 Å². The molecule has 4 nitrogen and oxygen atoms in total. The van der Waals surface area contributed by atoms with Gasteiger partial charge in [0.25, 0.3) is 5.91 Å². The van der Waals surface area contributed by atoms with Crippen molar-refractivity contribution in [1.29, 1.82) is 0 Å². The smallest absolute Gasteiger partial charge is 0.258 e. The first-order chi connectivity index (χ1) is 12.5. The van der Waals surface area contributed by atoms with Gasteiger partial charge in [0.1, 0.15) is 10.8 Å². The second kappa shape index (κ2) is 8.34. The van der Waals surface area contributed by atoms with E-state index < -0.39 is 0 Å². The molecule has 3 rings (SSSR count). The van der Waals surface area contributed by atoms with Crippen LogP contribution in [0.3, 0.4) is 0 Å². The lowest BCUT2D eigenvalue weighted by atomic mass is 10.1. The monoisotopic (exact) mass is 386 g/mol. The summed E-state index contributed by atoms with van der Waals surface area (Å²) in [6.07, 6.45) is 0. The lowest BCUT2D eigenvalue weighted by Crippen LogP contribution is -2.28. The number of carbonyl (C=O) groups excluding carboxylic acids is 1. The lowest BCUT2D eigenvalue weighted by Gasteiger charge is -2.08. The summed E-state index contributed by atoms with van der Waals surface area (Å²) in [4.78, 5) is 16.5. The molecule has 0 aliphatic carbocycles. The minimum Gasteiger partial charge on any atom is -0.484 e. The average Bonchev–Trinajstić information content (AvgIpc) is 3.10. The molecule has 134 valence electrons. The van der Waals surface area contributed by atoms with Crippen molar-refractivity contribution in [2.45, 2.75) is 20.4 Å². The van der Waals surface area contributed by atoms with Crippen molar-refractivity contribution in [1.82, 2.24) is 10.3 Å². The molecule has 0 atom stereocenters. The van der Waals surface area contributed by atoms with Crippen molar-refractivity contribution in [3.63, 3.8) is 0 Å². The van der Waals surface area contributed by atoms with E-state index in [-0.39, 0.29) is 12.5 Å². The molecule has 0 saturated heterocycles. The fourth-order valence-electron chi connectivity index (χ4n) is 2.32. The van der Waals surface area contributed by atoms with Crippen LogP contribution >= 0.6 is 22.9 Å². The van der Waals surface area contributed by atoms with Crippen molar-refractivity contribution in [2.24, 2.45) is 0 Å². The van der Waals surface area contributed by atoms with Crippen molar-refractivity contribution in [2.75, 3.05) is 6.61 Å². The van der Waals surface area contributed by atoms with E-state index >= 15 is 0 Å². The molecule has 1 heterocycles. The number of thiazole rings is 1. The highest BCUT2D eigenvalue weighted by Gasteiger charge is 2.08. The Labute approximate surface area is 161 Å². The normalized spacial score (nSPS) is 10.6. The zero-order chi connectivity index (χ0) is 18.5. The standard InChI is InChI=1S/C20H19ClN2O2S/c1-13-3-8-17(9-14(13)2)25-11-19(24)22-10-20-23-18(12-26-20)15-4-6-16(21)7-5-15/h3-9,12H,10-11H2,1-2H3,(H,22,24). The summed E-state index contributed by atoms with van der Waals surface area (Å²) in [5.74, 6) is 0.522. The predicted octanol–water partition coefficient (Wildman–Crippen LogP) is 4.78. The molecule has 0 saturated carbocycles. The fraction of sp³-hybridized carbons (Fsp3) is 0.200. The molecule has 0 unspecified atom stereocenters. The molecule has 0 radical (unpaired) electrons. The summed E-state index contributed by atoms with van der Waals surface area (Å²) in [5.41, 5.74) is 4.21. The molecule has 1 amide bonds. The maximum absolute atomic E-state index is 12.0. The number of amides is 1. The number of rotatable bonds is 6. The maximum Gasteiger partial charge on any atom is 0.258 e. The largest absolute Gasteiger partial charge is 0.484 e. The van der Waals surface area contributed by atoms with Crippen LogP contribution in [0.2, 0.25) is 5.02 Å². The molecule has 1 aromatic heterocycles.